The molecule has 43 heavy (non-hydrogen) atoms. The Morgan fingerprint density at radius 3 is 2.35 bits per heavy atom. The third-order valence-electron chi connectivity index (χ3n) is 7.37. The highest BCUT2D eigenvalue weighted by molar-refractivity contribution is 6.07. The van der Waals surface area contributed by atoms with E-state index in [2.05, 4.69) is 26.6 Å². The van der Waals surface area contributed by atoms with Crippen LogP contribution in [0.25, 0.3) is 0 Å². The fourth-order valence-electron chi connectivity index (χ4n) is 5.17. The van der Waals surface area contributed by atoms with Gasteiger partial charge in [0.15, 0.2) is 0 Å². The van der Waals surface area contributed by atoms with Crippen molar-refractivity contribution in [2.24, 2.45) is 0 Å². The Morgan fingerprint density at radius 2 is 1.70 bits per heavy atom. The van der Waals surface area contributed by atoms with Crippen molar-refractivity contribution in [3.05, 3.63) is 64.7 Å². The molecule has 2 atom stereocenters. The lowest BCUT2D eigenvalue weighted by Gasteiger charge is -2.32. The van der Waals surface area contributed by atoms with Gasteiger partial charge in [0.05, 0.1) is 0 Å². The molecule has 1 aliphatic carbocycles. The zero-order valence-electron chi connectivity index (χ0n) is 24.7. The summed E-state index contributed by atoms with van der Waals surface area (Å²) in [5, 5.41) is 23.1. The molecule has 1 heterocycles. The first kappa shape index (κ1) is 31.3. The van der Waals surface area contributed by atoms with Gasteiger partial charge in [0.1, 0.15) is 22.9 Å². The summed E-state index contributed by atoms with van der Waals surface area (Å²) in [6.45, 7) is 6.11. The molecule has 1 spiro atoms. The van der Waals surface area contributed by atoms with Gasteiger partial charge in [-0.05, 0) is 87.4 Å². The van der Waals surface area contributed by atoms with Crippen LogP contribution in [-0.4, -0.2) is 65.2 Å². The number of benzene rings is 2. The Labute approximate surface area is 250 Å². The quantitative estimate of drug-likeness (QED) is 0.181. The average Bonchev–Trinajstić information content (AvgIpc) is 3.21. The Balaban J connectivity index is 1.35. The van der Waals surface area contributed by atoms with Gasteiger partial charge in [0.2, 0.25) is 5.91 Å². The number of aryl methyl sites for hydroxylation is 1. The van der Waals surface area contributed by atoms with E-state index in [0.29, 0.717) is 50.8 Å². The highest BCUT2D eigenvalue weighted by atomic mass is 16.6. The maximum absolute atomic E-state index is 13.3. The molecule has 6 N–H and O–H groups in total. The third kappa shape index (κ3) is 8.46. The van der Waals surface area contributed by atoms with Crippen LogP contribution in [0.1, 0.15) is 67.1 Å². The van der Waals surface area contributed by atoms with E-state index in [1.807, 2.05) is 0 Å². The number of nitrogens with one attached hydrogen (secondary N) is 5. The minimum Gasteiger partial charge on any atom is -0.508 e. The topological polar surface area (TPSA) is 175 Å². The number of phenols is 1. The summed E-state index contributed by atoms with van der Waals surface area (Å²) >= 11 is 0. The Kier molecular flexibility index (Phi) is 9.57. The number of hydrogen-bond acceptors (Lipinski definition) is 7. The van der Waals surface area contributed by atoms with Gasteiger partial charge in [0, 0.05) is 31.5 Å². The van der Waals surface area contributed by atoms with E-state index in [9.17, 15) is 29.1 Å². The predicted octanol–water partition coefficient (Wildman–Crippen LogP) is 2.22. The Bertz CT molecular complexity index is 1390. The van der Waals surface area contributed by atoms with Gasteiger partial charge >= 0.3 is 12.1 Å². The SMILES string of the molecule is CC(C)(C)OC(=O)NCCCCNC(=O)[C@@H](Cc1ccc(O)cc1)NC(=O)c1ccc2c(c1)CCC1(C2)NC(=O)NC1=O. The second-order valence-corrected chi connectivity index (χ2v) is 12.0. The number of fused-ring (bicyclic) bond motifs is 1. The maximum atomic E-state index is 13.3. The monoisotopic (exact) mass is 593 g/mol. The normalized spacial score (nSPS) is 18.2. The highest BCUT2D eigenvalue weighted by Crippen LogP contribution is 2.31. The largest absolute Gasteiger partial charge is 0.508 e. The first-order valence-electron chi connectivity index (χ1n) is 14.4. The van der Waals surface area contributed by atoms with Gasteiger partial charge in [-0.25, -0.2) is 9.59 Å². The first-order valence-corrected chi connectivity index (χ1v) is 14.4. The summed E-state index contributed by atoms with van der Waals surface area (Å²) < 4.78 is 5.21. The number of imide groups is 1. The molecular formula is C31H39N5O7. The van der Waals surface area contributed by atoms with Crippen LogP contribution in [-0.2, 0) is 33.6 Å². The lowest BCUT2D eigenvalue weighted by molar-refractivity contribution is -0.124. The van der Waals surface area contributed by atoms with E-state index in [0.717, 1.165) is 16.7 Å². The molecule has 0 radical (unpaired) electrons. The van der Waals surface area contributed by atoms with Gasteiger partial charge < -0.3 is 31.1 Å². The van der Waals surface area contributed by atoms with E-state index in [4.69, 9.17) is 4.74 Å². The molecule has 12 nitrogen and oxygen atoms in total. The van der Waals surface area contributed by atoms with Crippen LogP contribution in [0.3, 0.4) is 0 Å². The van der Waals surface area contributed by atoms with Crippen molar-refractivity contribution < 1.29 is 33.8 Å². The standard InChI is InChI=1S/C31H39N5O7/c1-30(2,3)43-29(42)33-15-5-4-14-32-26(39)24(16-19-6-10-23(37)11-7-19)34-25(38)21-8-9-22-18-31(13-12-20(22)17-21)27(40)35-28(41)36-31/h6-11,17,24,37H,4-5,12-16,18H2,1-3H3,(H,32,39)(H,33,42)(H,34,38)(H2,35,36,40,41)/t24-,31?/m1/s1. The number of amides is 6. The van der Waals surface area contributed by atoms with Gasteiger partial charge in [-0.15, -0.1) is 0 Å². The number of rotatable bonds is 10. The number of phenolic OH excluding ortho intramolecular Hbond substituents is 1. The van der Waals surface area contributed by atoms with Crippen molar-refractivity contribution in [1.29, 1.82) is 0 Å². The fraction of sp³-hybridized carbons (Fsp3) is 0.452. The van der Waals surface area contributed by atoms with Crippen LogP contribution in [0.5, 0.6) is 5.75 Å². The van der Waals surface area contributed by atoms with Crippen molar-refractivity contribution in [1.82, 2.24) is 26.6 Å². The first-order chi connectivity index (χ1) is 20.3. The van der Waals surface area contributed by atoms with E-state index >= 15 is 0 Å². The smallest absolute Gasteiger partial charge is 0.407 e. The van der Waals surface area contributed by atoms with E-state index < -0.39 is 35.2 Å². The molecule has 12 heteroatoms. The molecule has 1 unspecified atom stereocenters. The summed E-state index contributed by atoms with van der Waals surface area (Å²) in [5.41, 5.74) is 1.38. The molecule has 0 saturated carbocycles. The maximum Gasteiger partial charge on any atom is 0.407 e. The number of ether oxygens (including phenoxy) is 1. The van der Waals surface area contributed by atoms with Gasteiger partial charge in [-0.3, -0.25) is 19.7 Å². The van der Waals surface area contributed by atoms with Gasteiger partial charge in [-0.2, -0.15) is 0 Å². The molecule has 1 aliphatic heterocycles. The molecule has 1 fully saturated rings. The Morgan fingerprint density at radius 1 is 1.00 bits per heavy atom. The second-order valence-electron chi connectivity index (χ2n) is 12.0. The third-order valence-corrected chi connectivity index (χ3v) is 7.37. The van der Waals surface area contributed by atoms with Crippen molar-refractivity contribution in [3.8, 4) is 5.75 Å². The van der Waals surface area contributed by atoms with Crippen molar-refractivity contribution >= 4 is 29.8 Å². The van der Waals surface area contributed by atoms with Crippen LogP contribution in [0.2, 0.25) is 0 Å². The van der Waals surface area contributed by atoms with E-state index in [1.165, 1.54) is 12.1 Å². The molecule has 2 aliphatic rings. The Hall–Kier alpha value is -4.61. The van der Waals surface area contributed by atoms with Crippen molar-refractivity contribution in [2.75, 3.05) is 13.1 Å². The molecule has 1 saturated heterocycles. The summed E-state index contributed by atoms with van der Waals surface area (Å²) in [6, 6.07) is 10.2. The number of alkyl carbamates (subject to hydrolysis) is 1. The van der Waals surface area contributed by atoms with Crippen molar-refractivity contribution in [3.63, 3.8) is 0 Å². The van der Waals surface area contributed by atoms with Crippen molar-refractivity contribution in [2.45, 2.75) is 76.5 Å². The second kappa shape index (κ2) is 13.1. The summed E-state index contributed by atoms with van der Waals surface area (Å²) in [7, 11) is 0. The number of urea groups is 1. The fourth-order valence-corrected chi connectivity index (χ4v) is 5.17. The van der Waals surface area contributed by atoms with Crippen LogP contribution in [0.15, 0.2) is 42.5 Å². The number of carbonyl (C=O) groups excluding carboxylic acids is 5. The average molecular weight is 594 g/mol. The minimum atomic E-state index is -0.965. The van der Waals surface area contributed by atoms with Crippen LogP contribution >= 0.6 is 0 Å². The molecule has 0 aromatic heterocycles. The van der Waals surface area contributed by atoms with Crippen LogP contribution in [0.4, 0.5) is 9.59 Å². The van der Waals surface area contributed by atoms with Gasteiger partial charge in [-0.1, -0.05) is 18.2 Å². The molecule has 4 rings (SSSR count). The molecule has 2 aromatic carbocycles. The zero-order chi connectivity index (χ0) is 31.2. The lowest BCUT2D eigenvalue weighted by atomic mass is 9.77. The van der Waals surface area contributed by atoms with Crippen LogP contribution in [0, 0.1) is 0 Å². The predicted molar refractivity (Wildman–Crippen MR) is 157 cm³/mol. The highest BCUT2D eigenvalue weighted by Gasteiger charge is 2.47. The molecule has 6 amide bonds. The summed E-state index contributed by atoms with van der Waals surface area (Å²) in [4.78, 5) is 62.3. The number of hydrogen-bond donors (Lipinski definition) is 6. The number of unbranched alkanes of at least 4 members (excludes halogenated alkanes) is 1. The lowest BCUT2D eigenvalue weighted by Crippen LogP contribution is -2.51. The van der Waals surface area contributed by atoms with E-state index in [1.54, 1.807) is 51.1 Å². The van der Waals surface area contributed by atoms with E-state index in [-0.39, 0.29) is 24.0 Å². The zero-order valence-corrected chi connectivity index (χ0v) is 24.7. The summed E-state index contributed by atoms with van der Waals surface area (Å²) in [5.74, 6) is -1.02. The summed E-state index contributed by atoms with van der Waals surface area (Å²) in [6.07, 6.45) is 2.20. The number of carbonyl (C=O) groups is 5. The molecule has 2 aromatic rings. The minimum absolute atomic E-state index is 0.0965. The number of aromatic hydroxyl groups is 1. The molecule has 0 bridgehead atoms. The molecule has 230 valence electrons. The van der Waals surface area contributed by atoms with Crippen LogP contribution < -0.4 is 26.6 Å². The van der Waals surface area contributed by atoms with Gasteiger partial charge in [0.25, 0.3) is 11.8 Å². The molecular weight excluding hydrogens is 554 g/mol.